The minimum Gasteiger partial charge on any atom is -0.468 e. The highest BCUT2D eigenvalue weighted by atomic mass is 16.3. The Morgan fingerprint density at radius 2 is 2.11 bits per heavy atom. The van der Waals surface area contributed by atoms with Gasteiger partial charge in [0, 0.05) is 0 Å². The SMILES string of the molecule is CCCNC(Cc1cccc(C)c1)c1ccco1. The van der Waals surface area contributed by atoms with Gasteiger partial charge in [0.2, 0.25) is 0 Å². The molecule has 0 saturated carbocycles. The molecule has 0 saturated heterocycles. The first-order valence-electron chi connectivity index (χ1n) is 6.62. The van der Waals surface area contributed by atoms with Crippen LogP contribution in [0.15, 0.2) is 47.1 Å². The number of hydrogen-bond donors (Lipinski definition) is 1. The van der Waals surface area contributed by atoms with E-state index in [1.807, 2.05) is 12.1 Å². The van der Waals surface area contributed by atoms with Crippen molar-refractivity contribution in [3.63, 3.8) is 0 Å². The number of rotatable bonds is 6. The average molecular weight is 243 g/mol. The van der Waals surface area contributed by atoms with Gasteiger partial charge >= 0.3 is 0 Å². The van der Waals surface area contributed by atoms with Crippen LogP contribution in [-0.2, 0) is 6.42 Å². The van der Waals surface area contributed by atoms with Gasteiger partial charge < -0.3 is 9.73 Å². The molecule has 0 aliphatic carbocycles. The Bertz CT molecular complexity index is 462. The van der Waals surface area contributed by atoms with Crippen LogP contribution in [0.5, 0.6) is 0 Å². The van der Waals surface area contributed by atoms with E-state index in [0.29, 0.717) is 0 Å². The first-order valence-corrected chi connectivity index (χ1v) is 6.62. The summed E-state index contributed by atoms with van der Waals surface area (Å²) in [6.07, 6.45) is 3.84. The monoisotopic (exact) mass is 243 g/mol. The summed E-state index contributed by atoms with van der Waals surface area (Å²) in [5.41, 5.74) is 2.65. The summed E-state index contributed by atoms with van der Waals surface area (Å²) in [6, 6.07) is 12.9. The average Bonchev–Trinajstić information content (AvgIpc) is 2.88. The minimum atomic E-state index is 0.266. The standard InChI is InChI=1S/C16H21NO/c1-3-9-17-15(16-8-5-10-18-16)12-14-7-4-6-13(2)11-14/h4-8,10-11,15,17H,3,9,12H2,1-2H3. The maximum Gasteiger partial charge on any atom is 0.121 e. The van der Waals surface area contributed by atoms with Crippen LogP contribution in [0.2, 0.25) is 0 Å². The molecule has 2 heteroatoms. The van der Waals surface area contributed by atoms with Gasteiger partial charge in [-0.1, -0.05) is 36.8 Å². The molecule has 18 heavy (non-hydrogen) atoms. The summed E-state index contributed by atoms with van der Waals surface area (Å²) in [5, 5.41) is 3.55. The van der Waals surface area contributed by atoms with E-state index in [0.717, 1.165) is 25.1 Å². The van der Waals surface area contributed by atoms with Crippen LogP contribution in [0.25, 0.3) is 0 Å². The molecule has 0 fully saturated rings. The lowest BCUT2D eigenvalue weighted by Crippen LogP contribution is -2.23. The normalized spacial score (nSPS) is 12.6. The van der Waals surface area contributed by atoms with Crippen molar-refractivity contribution < 1.29 is 4.42 Å². The van der Waals surface area contributed by atoms with Gasteiger partial charge in [-0.2, -0.15) is 0 Å². The molecule has 0 amide bonds. The molecule has 1 unspecified atom stereocenters. The fourth-order valence-electron chi connectivity index (χ4n) is 2.16. The summed E-state index contributed by atoms with van der Waals surface area (Å²) in [4.78, 5) is 0. The summed E-state index contributed by atoms with van der Waals surface area (Å²) in [7, 11) is 0. The Labute approximate surface area is 109 Å². The molecule has 1 atom stereocenters. The molecular weight excluding hydrogens is 222 g/mol. The first kappa shape index (κ1) is 12.9. The molecule has 2 rings (SSSR count). The van der Waals surface area contributed by atoms with Gasteiger partial charge in [-0.25, -0.2) is 0 Å². The van der Waals surface area contributed by atoms with E-state index in [1.165, 1.54) is 11.1 Å². The van der Waals surface area contributed by atoms with Gasteiger partial charge in [0.15, 0.2) is 0 Å². The van der Waals surface area contributed by atoms with E-state index in [-0.39, 0.29) is 6.04 Å². The highest BCUT2D eigenvalue weighted by Gasteiger charge is 2.13. The number of aryl methyl sites for hydroxylation is 1. The predicted molar refractivity (Wildman–Crippen MR) is 74.6 cm³/mol. The van der Waals surface area contributed by atoms with Gasteiger partial charge in [0.1, 0.15) is 5.76 Å². The number of benzene rings is 1. The molecular formula is C16H21NO. The van der Waals surface area contributed by atoms with Gasteiger partial charge in [-0.15, -0.1) is 0 Å². The van der Waals surface area contributed by atoms with Crippen molar-refractivity contribution in [3.8, 4) is 0 Å². The first-order chi connectivity index (χ1) is 8.79. The highest BCUT2D eigenvalue weighted by molar-refractivity contribution is 5.24. The van der Waals surface area contributed by atoms with E-state index < -0.39 is 0 Å². The molecule has 0 aliphatic heterocycles. The maximum atomic E-state index is 5.53. The lowest BCUT2D eigenvalue weighted by atomic mass is 10.0. The quantitative estimate of drug-likeness (QED) is 0.833. The number of hydrogen-bond acceptors (Lipinski definition) is 2. The highest BCUT2D eigenvalue weighted by Crippen LogP contribution is 2.19. The molecule has 96 valence electrons. The second-order valence-corrected chi connectivity index (χ2v) is 4.72. The Morgan fingerprint density at radius 3 is 2.78 bits per heavy atom. The third-order valence-corrected chi connectivity index (χ3v) is 3.05. The topological polar surface area (TPSA) is 25.2 Å². The van der Waals surface area contributed by atoms with E-state index in [2.05, 4.69) is 43.4 Å². The predicted octanol–water partition coefficient (Wildman–Crippen LogP) is 3.87. The Balaban J connectivity index is 2.10. The third-order valence-electron chi connectivity index (χ3n) is 3.05. The zero-order chi connectivity index (χ0) is 12.8. The molecule has 2 aromatic rings. The van der Waals surface area contributed by atoms with Crippen molar-refractivity contribution in [1.29, 1.82) is 0 Å². The Hall–Kier alpha value is -1.54. The van der Waals surface area contributed by atoms with E-state index >= 15 is 0 Å². The molecule has 1 heterocycles. The maximum absolute atomic E-state index is 5.53. The molecule has 0 aliphatic rings. The van der Waals surface area contributed by atoms with Crippen LogP contribution in [0.4, 0.5) is 0 Å². The molecule has 2 nitrogen and oxygen atoms in total. The van der Waals surface area contributed by atoms with Gasteiger partial charge in [0.25, 0.3) is 0 Å². The van der Waals surface area contributed by atoms with Crippen molar-refractivity contribution in [1.82, 2.24) is 5.32 Å². The van der Waals surface area contributed by atoms with E-state index in [1.54, 1.807) is 6.26 Å². The fraction of sp³-hybridized carbons (Fsp3) is 0.375. The molecule has 1 aromatic heterocycles. The number of furan rings is 1. The Kier molecular flexibility index (Phi) is 4.59. The smallest absolute Gasteiger partial charge is 0.121 e. The van der Waals surface area contributed by atoms with E-state index in [9.17, 15) is 0 Å². The summed E-state index contributed by atoms with van der Waals surface area (Å²) < 4.78 is 5.53. The zero-order valence-electron chi connectivity index (χ0n) is 11.1. The van der Waals surface area contributed by atoms with Crippen LogP contribution < -0.4 is 5.32 Å². The second-order valence-electron chi connectivity index (χ2n) is 4.72. The largest absolute Gasteiger partial charge is 0.468 e. The molecule has 1 aromatic carbocycles. The van der Waals surface area contributed by atoms with Crippen molar-refractivity contribution in [2.75, 3.05) is 6.54 Å². The number of nitrogens with one attached hydrogen (secondary N) is 1. The third kappa shape index (κ3) is 3.47. The van der Waals surface area contributed by atoms with Crippen LogP contribution >= 0.6 is 0 Å². The summed E-state index contributed by atoms with van der Waals surface area (Å²) >= 11 is 0. The van der Waals surface area contributed by atoms with Crippen LogP contribution in [0.1, 0.15) is 36.3 Å². The van der Waals surface area contributed by atoms with Crippen LogP contribution in [0.3, 0.4) is 0 Å². The van der Waals surface area contributed by atoms with Crippen LogP contribution in [0, 0.1) is 6.92 Å². The van der Waals surface area contributed by atoms with Crippen molar-refractivity contribution in [2.24, 2.45) is 0 Å². The molecule has 0 spiro atoms. The lowest BCUT2D eigenvalue weighted by Gasteiger charge is -2.16. The fourth-order valence-corrected chi connectivity index (χ4v) is 2.16. The van der Waals surface area contributed by atoms with Gasteiger partial charge in [-0.3, -0.25) is 0 Å². The van der Waals surface area contributed by atoms with E-state index in [4.69, 9.17) is 4.42 Å². The zero-order valence-corrected chi connectivity index (χ0v) is 11.1. The second kappa shape index (κ2) is 6.41. The molecule has 0 radical (unpaired) electrons. The molecule has 1 N–H and O–H groups in total. The van der Waals surface area contributed by atoms with Gasteiger partial charge in [-0.05, 0) is 44.0 Å². The summed E-state index contributed by atoms with van der Waals surface area (Å²) in [5.74, 6) is 1.02. The Morgan fingerprint density at radius 1 is 1.22 bits per heavy atom. The molecule has 0 bridgehead atoms. The summed E-state index contributed by atoms with van der Waals surface area (Å²) in [6.45, 7) is 5.32. The minimum absolute atomic E-state index is 0.266. The van der Waals surface area contributed by atoms with Crippen molar-refractivity contribution in [2.45, 2.75) is 32.7 Å². The van der Waals surface area contributed by atoms with Gasteiger partial charge in [0.05, 0.1) is 12.3 Å². The lowest BCUT2D eigenvalue weighted by molar-refractivity contribution is 0.410. The van der Waals surface area contributed by atoms with Crippen molar-refractivity contribution in [3.05, 3.63) is 59.5 Å². The van der Waals surface area contributed by atoms with Crippen molar-refractivity contribution >= 4 is 0 Å². The van der Waals surface area contributed by atoms with Crippen LogP contribution in [-0.4, -0.2) is 6.54 Å².